The molecule has 0 saturated carbocycles. The van der Waals surface area contributed by atoms with Gasteiger partial charge in [-0.25, -0.2) is 0 Å². The number of carbonyl (C=O) groups is 1. The average molecular weight is 542 g/mol. The number of benzene rings is 4. The maximum atomic E-state index is 13.4. The fourth-order valence-electron chi connectivity index (χ4n) is 5.61. The molecule has 200 valence electrons. The number of hydrogen-bond donors (Lipinski definition) is 2. The van der Waals surface area contributed by atoms with E-state index in [1.165, 1.54) is 16.3 Å². The first-order valence-corrected chi connectivity index (χ1v) is 13.8. The Morgan fingerprint density at radius 1 is 0.923 bits per heavy atom. The maximum absolute atomic E-state index is 13.4. The molecule has 1 amide bonds. The number of nitrogens with one attached hydrogen (secondary N) is 2. The Balaban J connectivity index is 1.11. The Morgan fingerprint density at radius 2 is 1.77 bits per heavy atom. The lowest BCUT2D eigenvalue weighted by molar-refractivity contribution is -0.125. The minimum absolute atomic E-state index is 0.0623. The quantitative estimate of drug-likeness (QED) is 0.300. The first kappa shape index (κ1) is 25.7. The van der Waals surface area contributed by atoms with Crippen molar-refractivity contribution < 1.29 is 14.3 Å². The predicted molar refractivity (Wildman–Crippen MR) is 154 cm³/mol. The largest absolute Gasteiger partial charge is 0.454 e. The Hall–Kier alpha value is -3.58. The molecule has 2 heterocycles. The molecule has 0 spiro atoms. The molecule has 0 unspecified atom stereocenters. The summed E-state index contributed by atoms with van der Waals surface area (Å²) in [5.74, 6) is 1.60. The summed E-state index contributed by atoms with van der Waals surface area (Å²) < 4.78 is 10.9. The molecular weight excluding hydrogens is 510 g/mol. The van der Waals surface area contributed by atoms with E-state index in [0.717, 1.165) is 48.6 Å². The second-order valence-electron chi connectivity index (χ2n) is 10.3. The van der Waals surface area contributed by atoms with Crippen molar-refractivity contribution in [1.29, 1.82) is 0 Å². The fourth-order valence-corrected chi connectivity index (χ4v) is 5.83. The van der Waals surface area contributed by atoms with Crippen molar-refractivity contribution in [3.63, 3.8) is 0 Å². The van der Waals surface area contributed by atoms with Gasteiger partial charge in [0.15, 0.2) is 11.5 Å². The third kappa shape index (κ3) is 6.04. The van der Waals surface area contributed by atoms with E-state index in [0.29, 0.717) is 18.1 Å². The van der Waals surface area contributed by atoms with Gasteiger partial charge in [-0.05, 0) is 64.6 Å². The molecule has 7 heteroatoms. The highest BCUT2D eigenvalue weighted by atomic mass is 35.5. The van der Waals surface area contributed by atoms with Crippen LogP contribution in [0.2, 0.25) is 5.02 Å². The van der Waals surface area contributed by atoms with Gasteiger partial charge in [0.1, 0.15) is 0 Å². The number of carbonyl (C=O) groups excluding carboxylic acids is 1. The van der Waals surface area contributed by atoms with Crippen molar-refractivity contribution >= 4 is 28.3 Å². The van der Waals surface area contributed by atoms with Crippen molar-refractivity contribution in [1.82, 2.24) is 15.5 Å². The van der Waals surface area contributed by atoms with Crippen LogP contribution >= 0.6 is 11.6 Å². The van der Waals surface area contributed by atoms with Crippen molar-refractivity contribution in [2.75, 3.05) is 19.9 Å². The van der Waals surface area contributed by atoms with Crippen LogP contribution in [0.15, 0.2) is 84.9 Å². The molecule has 1 saturated heterocycles. The normalized spacial score (nSPS) is 18.5. The number of hydrogen-bond acceptors (Lipinski definition) is 5. The minimum Gasteiger partial charge on any atom is -0.454 e. The number of halogens is 1. The van der Waals surface area contributed by atoms with Gasteiger partial charge in [0.2, 0.25) is 12.7 Å². The highest BCUT2D eigenvalue weighted by molar-refractivity contribution is 6.30. The van der Waals surface area contributed by atoms with Gasteiger partial charge < -0.3 is 20.1 Å². The average Bonchev–Trinajstić information content (AvgIpc) is 3.58. The van der Waals surface area contributed by atoms with Crippen molar-refractivity contribution in [3.8, 4) is 11.5 Å². The van der Waals surface area contributed by atoms with Crippen LogP contribution in [0.25, 0.3) is 10.8 Å². The number of nitrogens with zero attached hydrogens (tertiary/aromatic N) is 1. The standard InChI is InChI=1S/C32H32ClN3O3/c33-26-9-3-5-23(15-26)19-36-20-27(35-18-25-8-4-7-24-6-1-2-10-28(24)25)17-29(36)32(37)34-14-13-22-11-12-30-31(16-22)39-21-38-30/h1-12,15-16,27,29,35H,13-14,17-21H2,(H,34,37)/t27-,29+/m1/s1. The first-order chi connectivity index (χ1) is 19.1. The summed E-state index contributed by atoms with van der Waals surface area (Å²) in [5, 5.41) is 10.1. The van der Waals surface area contributed by atoms with Crippen LogP contribution in [0.4, 0.5) is 0 Å². The third-order valence-corrected chi connectivity index (χ3v) is 7.83. The van der Waals surface area contributed by atoms with E-state index in [1.807, 2.05) is 36.4 Å². The first-order valence-electron chi connectivity index (χ1n) is 13.5. The molecule has 6 nitrogen and oxygen atoms in total. The molecule has 0 aliphatic carbocycles. The van der Waals surface area contributed by atoms with Gasteiger partial charge in [-0.2, -0.15) is 0 Å². The van der Waals surface area contributed by atoms with E-state index in [9.17, 15) is 4.79 Å². The molecule has 39 heavy (non-hydrogen) atoms. The van der Waals surface area contributed by atoms with Crippen molar-refractivity contribution in [3.05, 3.63) is 107 Å². The molecular formula is C32H32ClN3O3. The predicted octanol–water partition coefficient (Wildman–Crippen LogP) is 5.31. The monoisotopic (exact) mass is 541 g/mol. The summed E-state index contributed by atoms with van der Waals surface area (Å²) in [7, 11) is 0. The summed E-state index contributed by atoms with van der Waals surface area (Å²) in [6.07, 6.45) is 1.48. The van der Waals surface area contributed by atoms with Crippen LogP contribution in [-0.4, -0.2) is 42.8 Å². The van der Waals surface area contributed by atoms with Crippen LogP contribution in [0, 0.1) is 0 Å². The van der Waals surface area contributed by atoms with E-state index >= 15 is 0 Å². The van der Waals surface area contributed by atoms with Crippen molar-refractivity contribution in [2.24, 2.45) is 0 Å². The minimum atomic E-state index is -0.217. The Kier molecular flexibility index (Phi) is 7.68. The molecule has 4 aromatic rings. The van der Waals surface area contributed by atoms with Gasteiger partial charge in [-0.1, -0.05) is 72.3 Å². The molecule has 2 atom stereocenters. The lowest BCUT2D eigenvalue weighted by atomic mass is 10.0. The Morgan fingerprint density at radius 3 is 2.69 bits per heavy atom. The molecule has 1 fully saturated rings. The molecule has 0 aromatic heterocycles. The van der Waals surface area contributed by atoms with E-state index in [2.05, 4.69) is 64.1 Å². The van der Waals surface area contributed by atoms with Crippen LogP contribution in [-0.2, 0) is 24.3 Å². The number of amides is 1. The van der Waals surface area contributed by atoms with E-state index < -0.39 is 0 Å². The Bertz CT molecular complexity index is 1470. The highest BCUT2D eigenvalue weighted by Crippen LogP contribution is 2.32. The van der Waals surface area contributed by atoms with Gasteiger partial charge in [0, 0.05) is 37.2 Å². The van der Waals surface area contributed by atoms with Crippen molar-refractivity contribution in [2.45, 2.75) is 38.0 Å². The molecule has 0 radical (unpaired) electrons. The number of rotatable bonds is 9. The lowest BCUT2D eigenvalue weighted by Gasteiger charge is -2.23. The SMILES string of the molecule is O=C(NCCc1ccc2c(c1)OCO2)[C@@H]1C[C@@H](NCc2cccc3ccccc23)CN1Cc1cccc(Cl)c1. The summed E-state index contributed by atoms with van der Waals surface area (Å²) in [4.78, 5) is 15.7. The zero-order valence-electron chi connectivity index (χ0n) is 21.7. The van der Waals surface area contributed by atoms with Crippen LogP contribution < -0.4 is 20.1 Å². The summed E-state index contributed by atoms with van der Waals surface area (Å²) in [6, 6.07) is 28.7. The molecule has 2 aliphatic rings. The van der Waals surface area contributed by atoms with Gasteiger partial charge in [0.05, 0.1) is 6.04 Å². The summed E-state index contributed by atoms with van der Waals surface area (Å²) in [6.45, 7) is 3.05. The van der Waals surface area contributed by atoms with Gasteiger partial charge in [0.25, 0.3) is 0 Å². The zero-order valence-corrected chi connectivity index (χ0v) is 22.5. The second kappa shape index (κ2) is 11.7. The van der Waals surface area contributed by atoms with E-state index in [4.69, 9.17) is 21.1 Å². The molecule has 0 bridgehead atoms. The second-order valence-corrected chi connectivity index (χ2v) is 10.7. The number of fused-ring (bicyclic) bond motifs is 2. The lowest BCUT2D eigenvalue weighted by Crippen LogP contribution is -2.43. The van der Waals surface area contributed by atoms with Gasteiger partial charge in [-0.15, -0.1) is 0 Å². The number of likely N-dealkylation sites (tertiary alicyclic amines) is 1. The van der Waals surface area contributed by atoms with Gasteiger partial charge in [-0.3, -0.25) is 9.69 Å². The maximum Gasteiger partial charge on any atom is 0.237 e. The summed E-state index contributed by atoms with van der Waals surface area (Å²) >= 11 is 6.26. The van der Waals surface area contributed by atoms with Crippen LogP contribution in [0.5, 0.6) is 11.5 Å². The molecule has 2 N–H and O–H groups in total. The summed E-state index contributed by atoms with van der Waals surface area (Å²) in [5.41, 5.74) is 3.48. The number of ether oxygens (including phenoxy) is 2. The molecule has 6 rings (SSSR count). The van der Waals surface area contributed by atoms with Crippen LogP contribution in [0.1, 0.15) is 23.1 Å². The van der Waals surface area contributed by atoms with Crippen LogP contribution in [0.3, 0.4) is 0 Å². The fraction of sp³-hybridized carbons (Fsp3) is 0.281. The molecule has 2 aliphatic heterocycles. The third-order valence-electron chi connectivity index (χ3n) is 7.59. The highest BCUT2D eigenvalue weighted by Gasteiger charge is 2.36. The Labute approximate surface area is 233 Å². The van der Waals surface area contributed by atoms with Gasteiger partial charge >= 0.3 is 0 Å². The van der Waals surface area contributed by atoms with E-state index in [1.54, 1.807) is 0 Å². The zero-order chi connectivity index (χ0) is 26.6. The molecule has 4 aromatic carbocycles. The topological polar surface area (TPSA) is 62.8 Å². The van der Waals surface area contributed by atoms with E-state index in [-0.39, 0.29) is 24.8 Å². The smallest absolute Gasteiger partial charge is 0.237 e.